The van der Waals surface area contributed by atoms with Crippen LogP contribution >= 0.6 is 22.9 Å². The molecule has 1 amide bonds. The van der Waals surface area contributed by atoms with E-state index in [1.54, 1.807) is 30.5 Å². The molecule has 0 unspecified atom stereocenters. The summed E-state index contributed by atoms with van der Waals surface area (Å²) in [6.07, 6.45) is 4.77. The number of benzene rings is 1. The van der Waals surface area contributed by atoms with Gasteiger partial charge < -0.3 is 9.88 Å². The fourth-order valence-electron chi connectivity index (χ4n) is 3.92. The molecular weight excluding hydrogens is 468 g/mol. The Morgan fingerprint density at radius 1 is 1.25 bits per heavy atom. The summed E-state index contributed by atoms with van der Waals surface area (Å²) in [6.45, 7) is 2.46. The molecule has 1 aromatic carbocycles. The molecule has 170 valence electrons. The van der Waals surface area contributed by atoms with Crippen molar-refractivity contribution in [2.24, 2.45) is 13.0 Å². The van der Waals surface area contributed by atoms with Gasteiger partial charge in [-0.25, -0.2) is 13.4 Å². The molecule has 2 aromatic heterocycles. The number of nitrogens with zero attached hydrogens (tertiary/aromatic N) is 3. The van der Waals surface area contributed by atoms with Crippen molar-refractivity contribution in [3.05, 3.63) is 70.1 Å². The van der Waals surface area contributed by atoms with Gasteiger partial charge in [0.2, 0.25) is 5.91 Å². The highest BCUT2D eigenvalue weighted by Crippen LogP contribution is 2.29. The van der Waals surface area contributed by atoms with Gasteiger partial charge >= 0.3 is 0 Å². The van der Waals surface area contributed by atoms with Crippen LogP contribution in [0.3, 0.4) is 0 Å². The second kappa shape index (κ2) is 9.35. The van der Waals surface area contributed by atoms with E-state index in [-0.39, 0.29) is 12.5 Å². The van der Waals surface area contributed by atoms with E-state index in [1.807, 2.05) is 36.9 Å². The molecule has 7 nitrogen and oxygen atoms in total. The van der Waals surface area contributed by atoms with Crippen molar-refractivity contribution in [3.8, 4) is 0 Å². The Morgan fingerprint density at radius 3 is 2.62 bits per heavy atom. The molecule has 2 atom stereocenters. The average molecular weight is 493 g/mol. The van der Waals surface area contributed by atoms with Crippen LogP contribution in [0.4, 0.5) is 0 Å². The number of hydrogen-bond acceptors (Lipinski definition) is 5. The van der Waals surface area contributed by atoms with Crippen LogP contribution in [0.1, 0.15) is 35.1 Å². The third-order valence-corrected chi connectivity index (χ3v) is 9.26. The lowest BCUT2D eigenvalue weighted by atomic mass is 9.97. The molecule has 3 aromatic rings. The Kier molecular flexibility index (Phi) is 6.71. The Labute approximate surface area is 197 Å². The van der Waals surface area contributed by atoms with Crippen LogP contribution in [-0.4, -0.2) is 41.3 Å². The van der Waals surface area contributed by atoms with E-state index in [2.05, 4.69) is 10.3 Å². The molecular formula is C22H25ClN4O3S2. The zero-order chi connectivity index (χ0) is 22.9. The third-order valence-electron chi connectivity index (χ3n) is 5.67. The SMILES string of the molecule is Cc1ccc(S(=O)(=O)N2CCC[C@@H](C(=O)N[C@H](c3ccc(Cl)cc3)c3nccn3C)C2)s1. The molecule has 1 aliphatic rings. The zero-order valence-corrected chi connectivity index (χ0v) is 20.3. The minimum atomic E-state index is -3.60. The van der Waals surface area contributed by atoms with Crippen molar-refractivity contribution >= 4 is 38.9 Å². The van der Waals surface area contributed by atoms with Gasteiger partial charge in [0.15, 0.2) is 0 Å². The number of imidazole rings is 1. The van der Waals surface area contributed by atoms with Crippen LogP contribution in [0, 0.1) is 12.8 Å². The number of amides is 1. The molecule has 1 saturated heterocycles. The minimum absolute atomic E-state index is 0.166. The number of carbonyl (C=O) groups excluding carboxylic acids is 1. The number of hydrogen-bond donors (Lipinski definition) is 1. The lowest BCUT2D eigenvalue weighted by molar-refractivity contribution is -0.126. The number of aromatic nitrogens is 2. The van der Waals surface area contributed by atoms with Crippen LogP contribution in [-0.2, 0) is 21.9 Å². The Morgan fingerprint density at radius 2 is 2.00 bits per heavy atom. The number of piperidine rings is 1. The van der Waals surface area contributed by atoms with Gasteiger partial charge in [-0.1, -0.05) is 23.7 Å². The zero-order valence-electron chi connectivity index (χ0n) is 17.9. The summed E-state index contributed by atoms with van der Waals surface area (Å²) in [7, 11) is -1.73. The van der Waals surface area contributed by atoms with Gasteiger partial charge in [-0.15, -0.1) is 11.3 Å². The lowest BCUT2D eigenvalue weighted by Crippen LogP contribution is -2.46. The van der Waals surface area contributed by atoms with Gasteiger partial charge in [-0.2, -0.15) is 4.31 Å². The van der Waals surface area contributed by atoms with Crippen LogP contribution < -0.4 is 5.32 Å². The number of carbonyl (C=O) groups is 1. The van der Waals surface area contributed by atoms with Gasteiger partial charge in [0, 0.05) is 42.4 Å². The van der Waals surface area contributed by atoms with Crippen molar-refractivity contribution in [3.63, 3.8) is 0 Å². The quantitative estimate of drug-likeness (QED) is 0.568. The molecule has 0 radical (unpaired) electrons. The molecule has 10 heteroatoms. The van der Waals surface area contributed by atoms with Crippen molar-refractivity contribution < 1.29 is 13.2 Å². The number of rotatable bonds is 6. The predicted molar refractivity (Wildman–Crippen MR) is 125 cm³/mol. The maximum atomic E-state index is 13.3. The largest absolute Gasteiger partial charge is 0.342 e. The number of aryl methyl sites for hydroxylation is 2. The van der Waals surface area contributed by atoms with E-state index in [0.717, 1.165) is 10.4 Å². The Hall–Kier alpha value is -2.20. The smallest absolute Gasteiger partial charge is 0.252 e. The first-order chi connectivity index (χ1) is 15.3. The highest BCUT2D eigenvalue weighted by molar-refractivity contribution is 7.91. The van der Waals surface area contributed by atoms with Crippen LogP contribution in [0.2, 0.25) is 5.02 Å². The standard InChI is InChI=1S/C22H25ClN4O3S2/c1-15-5-10-19(31-15)32(29,30)27-12-3-4-17(14-27)22(28)25-20(21-24-11-13-26(21)2)16-6-8-18(23)9-7-16/h5-11,13,17,20H,3-4,12,14H2,1-2H3,(H,25,28)/t17-,20-/m1/s1. The maximum Gasteiger partial charge on any atom is 0.252 e. The molecule has 0 saturated carbocycles. The Balaban J connectivity index is 1.54. The summed E-state index contributed by atoms with van der Waals surface area (Å²) < 4.78 is 29.7. The molecule has 1 fully saturated rings. The van der Waals surface area contributed by atoms with Crippen LogP contribution in [0.5, 0.6) is 0 Å². The third kappa shape index (κ3) is 4.76. The highest BCUT2D eigenvalue weighted by atomic mass is 35.5. The molecule has 3 heterocycles. The van der Waals surface area contributed by atoms with E-state index in [0.29, 0.717) is 34.4 Å². The molecule has 0 spiro atoms. The van der Waals surface area contributed by atoms with Gasteiger partial charge in [-0.05, 0) is 49.6 Å². The normalized spacial score (nSPS) is 18.4. The summed E-state index contributed by atoms with van der Waals surface area (Å²) in [5, 5.41) is 3.70. The molecule has 0 aliphatic carbocycles. The van der Waals surface area contributed by atoms with Crippen molar-refractivity contribution in [1.29, 1.82) is 0 Å². The lowest BCUT2D eigenvalue weighted by Gasteiger charge is -2.32. The number of halogens is 1. The number of sulfonamides is 1. The molecule has 1 aliphatic heterocycles. The second-order valence-corrected chi connectivity index (χ2v) is 11.8. The van der Waals surface area contributed by atoms with E-state index < -0.39 is 22.0 Å². The van der Waals surface area contributed by atoms with Gasteiger partial charge in [0.1, 0.15) is 16.1 Å². The second-order valence-electron chi connectivity index (χ2n) is 7.96. The first-order valence-corrected chi connectivity index (χ1v) is 13.0. The maximum absolute atomic E-state index is 13.3. The summed E-state index contributed by atoms with van der Waals surface area (Å²) in [5.41, 5.74) is 0.853. The highest BCUT2D eigenvalue weighted by Gasteiger charge is 2.35. The first kappa shape index (κ1) is 23.0. The van der Waals surface area contributed by atoms with Crippen LogP contribution in [0.25, 0.3) is 0 Å². The number of nitrogens with one attached hydrogen (secondary N) is 1. The van der Waals surface area contributed by atoms with E-state index in [1.165, 1.54) is 15.6 Å². The van der Waals surface area contributed by atoms with Crippen molar-refractivity contribution in [1.82, 2.24) is 19.2 Å². The summed E-state index contributed by atoms with van der Waals surface area (Å²) in [5.74, 6) is 0.0693. The fourth-order valence-corrected chi connectivity index (χ4v) is 7.01. The van der Waals surface area contributed by atoms with Gasteiger partial charge in [-0.3, -0.25) is 4.79 Å². The van der Waals surface area contributed by atoms with Crippen LogP contribution in [0.15, 0.2) is 53.0 Å². The molecule has 1 N–H and O–H groups in total. The van der Waals surface area contributed by atoms with Gasteiger partial charge in [0.25, 0.3) is 10.0 Å². The minimum Gasteiger partial charge on any atom is -0.342 e. The molecule has 0 bridgehead atoms. The summed E-state index contributed by atoms with van der Waals surface area (Å²) in [6, 6.07) is 10.2. The summed E-state index contributed by atoms with van der Waals surface area (Å²) >= 11 is 7.30. The van der Waals surface area contributed by atoms with E-state index >= 15 is 0 Å². The fraction of sp³-hybridized carbons (Fsp3) is 0.364. The number of thiophene rings is 1. The first-order valence-electron chi connectivity index (χ1n) is 10.4. The predicted octanol–water partition coefficient (Wildman–Crippen LogP) is 3.75. The topological polar surface area (TPSA) is 84.3 Å². The van der Waals surface area contributed by atoms with E-state index in [9.17, 15) is 13.2 Å². The monoisotopic (exact) mass is 492 g/mol. The van der Waals surface area contributed by atoms with Crippen molar-refractivity contribution in [2.75, 3.05) is 13.1 Å². The Bertz CT molecular complexity index is 1200. The average Bonchev–Trinajstić information content (AvgIpc) is 3.41. The van der Waals surface area contributed by atoms with Gasteiger partial charge in [0.05, 0.1) is 5.92 Å². The van der Waals surface area contributed by atoms with Crippen molar-refractivity contribution in [2.45, 2.75) is 30.0 Å². The molecule has 4 rings (SSSR count). The van der Waals surface area contributed by atoms with E-state index in [4.69, 9.17) is 11.6 Å². The summed E-state index contributed by atoms with van der Waals surface area (Å²) in [4.78, 5) is 18.6. The molecule has 32 heavy (non-hydrogen) atoms.